The van der Waals surface area contributed by atoms with E-state index in [-0.39, 0.29) is 5.92 Å². The first kappa shape index (κ1) is 12.8. The van der Waals surface area contributed by atoms with Crippen LogP contribution in [0.5, 0.6) is 5.75 Å². The van der Waals surface area contributed by atoms with Crippen LogP contribution < -0.4 is 4.74 Å². The summed E-state index contributed by atoms with van der Waals surface area (Å²) >= 11 is 0. The SMILES string of the molecule is COc1ccc(C)cc1CCC(=O)C(C)C. The van der Waals surface area contributed by atoms with E-state index in [2.05, 4.69) is 6.07 Å². The van der Waals surface area contributed by atoms with Gasteiger partial charge in [0.05, 0.1) is 7.11 Å². The summed E-state index contributed by atoms with van der Waals surface area (Å²) in [6.07, 6.45) is 1.36. The molecule has 0 unspecified atom stereocenters. The molecule has 0 radical (unpaired) electrons. The van der Waals surface area contributed by atoms with Crippen LogP contribution in [0.15, 0.2) is 18.2 Å². The van der Waals surface area contributed by atoms with Crippen molar-refractivity contribution in [1.29, 1.82) is 0 Å². The van der Waals surface area contributed by atoms with Crippen molar-refractivity contribution in [3.05, 3.63) is 29.3 Å². The molecule has 0 spiro atoms. The molecule has 0 N–H and O–H groups in total. The van der Waals surface area contributed by atoms with E-state index in [9.17, 15) is 4.79 Å². The summed E-state index contributed by atoms with van der Waals surface area (Å²) in [7, 11) is 1.67. The minimum Gasteiger partial charge on any atom is -0.496 e. The van der Waals surface area contributed by atoms with Crippen molar-refractivity contribution < 1.29 is 9.53 Å². The fourth-order valence-electron chi connectivity index (χ4n) is 1.65. The molecular weight excluding hydrogens is 200 g/mol. The van der Waals surface area contributed by atoms with Crippen LogP contribution in [0.1, 0.15) is 31.4 Å². The molecule has 0 aliphatic carbocycles. The number of carbonyl (C=O) groups is 1. The van der Waals surface area contributed by atoms with Crippen molar-refractivity contribution in [2.24, 2.45) is 5.92 Å². The fourth-order valence-corrected chi connectivity index (χ4v) is 1.65. The molecule has 0 amide bonds. The molecule has 0 saturated heterocycles. The Kier molecular flexibility index (Phi) is 4.53. The first-order valence-corrected chi connectivity index (χ1v) is 5.71. The number of aryl methyl sites for hydroxylation is 2. The number of hydrogen-bond acceptors (Lipinski definition) is 2. The monoisotopic (exact) mass is 220 g/mol. The minimum absolute atomic E-state index is 0.121. The lowest BCUT2D eigenvalue weighted by Gasteiger charge is -2.10. The van der Waals surface area contributed by atoms with Crippen molar-refractivity contribution in [1.82, 2.24) is 0 Å². The summed E-state index contributed by atoms with van der Waals surface area (Å²) in [6.45, 7) is 5.93. The Morgan fingerprint density at radius 3 is 2.62 bits per heavy atom. The lowest BCUT2D eigenvalue weighted by atomic mass is 9.99. The molecule has 0 saturated carbocycles. The zero-order valence-corrected chi connectivity index (χ0v) is 10.5. The number of hydrogen-bond donors (Lipinski definition) is 0. The van der Waals surface area contributed by atoms with Crippen LogP contribution in [0.2, 0.25) is 0 Å². The van der Waals surface area contributed by atoms with Crippen molar-refractivity contribution in [3.63, 3.8) is 0 Å². The van der Waals surface area contributed by atoms with Gasteiger partial charge in [-0.3, -0.25) is 4.79 Å². The smallest absolute Gasteiger partial charge is 0.135 e. The third kappa shape index (κ3) is 3.37. The lowest BCUT2D eigenvalue weighted by Crippen LogP contribution is -2.08. The van der Waals surface area contributed by atoms with Crippen LogP contribution in [0.4, 0.5) is 0 Å². The molecule has 0 fully saturated rings. The van der Waals surface area contributed by atoms with Gasteiger partial charge in [-0.15, -0.1) is 0 Å². The number of Topliss-reactive ketones (excluding diaryl/α,β-unsaturated/α-hetero) is 1. The molecule has 2 heteroatoms. The predicted molar refractivity (Wildman–Crippen MR) is 65.9 cm³/mol. The summed E-state index contributed by atoms with van der Waals surface area (Å²) in [5.41, 5.74) is 2.32. The van der Waals surface area contributed by atoms with Crippen molar-refractivity contribution in [2.45, 2.75) is 33.6 Å². The third-order valence-electron chi connectivity index (χ3n) is 2.72. The highest BCUT2D eigenvalue weighted by atomic mass is 16.5. The second kappa shape index (κ2) is 5.69. The average molecular weight is 220 g/mol. The molecule has 1 rings (SSSR count). The second-order valence-corrected chi connectivity index (χ2v) is 4.44. The molecule has 0 aliphatic heterocycles. The fraction of sp³-hybridized carbons (Fsp3) is 0.500. The number of benzene rings is 1. The molecule has 88 valence electrons. The largest absolute Gasteiger partial charge is 0.496 e. The molecule has 0 aromatic heterocycles. The van der Waals surface area contributed by atoms with Crippen LogP contribution >= 0.6 is 0 Å². The van der Waals surface area contributed by atoms with E-state index in [0.717, 1.165) is 17.7 Å². The Labute approximate surface area is 97.6 Å². The summed E-state index contributed by atoms with van der Waals surface area (Å²) in [5, 5.41) is 0. The van der Waals surface area contributed by atoms with Crippen molar-refractivity contribution in [3.8, 4) is 5.75 Å². The van der Waals surface area contributed by atoms with E-state index >= 15 is 0 Å². The maximum absolute atomic E-state index is 11.6. The van der Waals surface area contributed by atoms with Gasteiger partial charge in [-0.25, -0.2) is 0 Å². The molecule has 0 atom stereocenters. The van der Waals surface area contributed by atoms with Crippen LogP contribution in [0.3, 0.4) is 0 Å². The Bertz CT molecular complexity index is 367. The minimum atomic E-state index is 0.121. The second-order valence-electron chi connectivity index (χ2n) is 4.44. The van der Waals surface area contributed by atoms with Crippen LogP contribution in [0, 0.1) is 12.8 Å². The standard InChI is InChI=1S/C14H20O2/c1-10(2)13(15)7-6-12-9-11(3)5-8-14(12)16-4/h5,8-10H,6-7H2,1-4H3. The molecule has 2 nitrogen and oxygen atoms in total. The van der Waals surface area contributed by atoms with Gasteiger partial charge in [0.2, 0.25) is 0 Å². The van der Waals surface area contributed by atoms with Gasteiger partial charge in [-0.2, -0.15) is 0 Å². The highest BCUT2D eigenvalue weighted by Gasteiger charge is 2.09. The van der Waals surface area contributed by atoms with Gasteiger partial charge >= 0.3 is 0 Å². The zero-order chi connectivity index (χ0) is 12.1. The Morgan fingerprint density at radius 1 is 1.38 bits per heavy atom. The topological polar surface area (TPSA) is 26.3 Å². The van der Waals surface area contributed by atoms with Gasteiger partial charge in [0.1, 0.15) is 11.5 Å². The predicted octanol–water partition coefficient (Wildman–Crippen LogP) is 3.16. The van der Waals surface area contributed by atoms with E-state index in [0.29, 0.717) is 12.2 Å². The average Bonchev–Trinajstić information content (AvgIpc) is 2.25. The maximum atomic E-state index is 11.6. The molecule has 16 heavy (non-hydrogen) atoms. The molecular formula is C14H20O2. The van der Waals surface area contributed by atoms with Crippen molar-refractivity contribution >= 4 is 5.78 Å². The van der Waals surface area contributed by atoms with Crippen LogP contribution in [-0.2, 0) is 11.2 Å². The van der Waals surface area contributed by atoms with Crippen molar-refractivity contribution in [2.75, 3.05) is 7.11 Å². The van der Waals surface area contributed by atoms with Crippen LogP contribution in [-0.4, -0.2) is 12.9 Å². The summed E-state index contributed by atoms with van der Waals surface area (Å²) in [6, 6.07) is 6.07. The third-order valence-corrected chi connectivity index (χ3v) is 2.72. The van der Waals surface area contributed by atoms with E-state index in [1.54, 1.807) is 7.11 Å². The van der Waals surface area contributed by atoms with E-state index < -0.39 is 0 Å². The number of rotatable bonds is 5. The van der Waals surface area contributed by atoms with E-state index in [1.165, 1.54) is 5.56 Å². The Hall–Kier alpha value is -1.31. The maximum Gasteiger partial charge on any atom is 0.135 e. The first-order chi connectivity index (χ1) is 7.54. The molecule has 0 heterocycles. The van der Waals surface area contributed by atoms with Gasteiger partial charge in [-0.1, -0.05) is 31.5 Å². The number of carbonyl (C=O) groups excluding carboxylic acids is 1. The summed E-state index contributed by atoms with van der Waals surface area (Å²) in [5.74, 6) is 1.31. The van der Waals surface area contributed by atoms with E-state index in [1.807, 2.05) is 32.9 Å². The highest BCUT2D eigenvalue weighted by Crippen LogP contribution is 2.21. The number of methoxy groups -OCH3 is 1. The Balaban J connectivity index is 2.72. The summed E-state index contributed by atoms with van der Waals surface area (Å²) < 4.78 is 5.28. The molecule has 1 aromatic rings. The van der Waals surface area contributed by atoms with E-state index in [4.69, 9.17) is 4.74 Å². The number of ether oxygens (including phenoxy) is 1. The van der Waals surface area contributed by atoms with Gasteiger partial charge in [-0.05, 0) is 25.0 Å². The Morgan fingerprint density at radius 2 is 2.06 bits per heavy atom. The normalized spacial score (nSPS) is 10.6. The highest BCUT2D eigenvalue weighted by molar-refractivity contribution is 5.80. The summed E-state index contributed by atoms with van der Waals surface area (Å²) in [4.78, 5) is 11.6. The van der Waals surface area contributed by atoms with Gasteiger partial charge in [0.25, 0.3) is 0 Å². The molecule has 0 bridgehead atoms. The molecule has 1 aromatic carbocycles. The van der Waals surface area contributed by atoms with Gasteiger partial charge in [0.15, 0.2) is 0 Å². The molecule has 0 aliphatic rings. The van der Waals surface area contributed by atoms with Crippen LogP contribution in [0.25, 0.3) is 0 Å². The quantitative estimate of drug-likeness (QED) is 0.762. The number of ketones is 1. The zero-order valence-electron chi connectivity index (χ0n) is 10.5. The van der Waals surface area contributed by atoms with Gasteiger partial charge in [0, 0.05) is 12.3 Å². The first-order valence-electron chi connectivity index (χ1n) is 5.71. The lowest BCUT2D eigenvalue weighted by molar-refractivity contribution is -0.121. The van der Waals surface area contributed by atoms with Gasteiger partial charge < -0.3 is 4.74 Å².